The van der Waals surface area contributed by atoms with Gasteiger partial charge in [-0.2, -0.15) is 0 Å². The van der Waals surface area contributed by atoms with E-state index >= 15 is 0 Å². The quantitative estimate of drug-likeness (QED) is 0.351. The summed E-state index contributed by atoms with van der Waals surface area (Å²) < 4.78 is 32.1. The maximum absolute atomic E-state index is 13.5. The van der Waals surface area contributed by atoms with Crippen LogP contribution >= 0.6 is 0 Å². The molecule has 2 aromatic carbocycles. The van der Waals surface area contributed by atoms with E-state index in [0.29, 0.717) is 5.92 Å². The van der Waals surface area contributed by atoms with E-state index in [-0.39, 0.29) is 36.0 Å². The molecule has 0 bridgehead atoms. The Morgan fingerprint density at radius 1 is 0.970 bits per heavy atom. The first-order valence-electron chi connectivity index (χ1n) is 12.3. The van der Waals surface area contributed by atoms with Crippen LogP contribution in [0.15, 0.2) is 36.4 Å². The first-order valence-corrected chi connectivity index (χ1v) is 12.3. The van der Waals surface area contributed by atoms with Gasteiger partial charge in [-0.05, 0) is 74.1 Å². The molecule has 1 aliphatic carbocycles. The molecule has 0 aliphatic heterocycles. The Hall–Kier alpha value is -2.43. The maximum Gasteiger partial charge on any atom is 0.271 e. The Balaban J connectivity index is 1.50. The molecule has 180 valence electrons. The zero-order valence-electron chi connectivity index (χ0n) is 19.8. The van der Waals surface area contributed by atoms with Crippen molar-refractivity contribution in [1.29, 1.82) is 0 Å². The first-order chi connectivity index (χ1) is 15.9. The highest BCUT2D eigenvalue weighted by Crippen LogP contribution is 2.40. The highest BCUT2D eigenvalue weighted by molar-refractivity contribution is 5.99. The van der Waals surface area contributed by atoms with Crippen LogP contribution in [0.5, 0.6) is 11.5 Å². The molecule has 0 spiro atoms. The van der Waals surface area contributed by atoms with E-state index in [2.05, 4.69) is 31.2 Å². The summed E-state index contributed by atoms with van der Waals surface area (Å²) in [7, 11) is 0. The molecule has 1 saturated carbocycles. The van der Waals surface area contributed by atoms with Gasteiger partial charge in [-0.1, -0.05) is 50.5 Å². The summed E-state index contributed by atoms with van der Waals surface area (Å²) in [5, 5.41) is 10.4. The number of aryl methyl sites for hydroxylation is 2. The van der Waals surface area contributed by atoms with Crippen molar-refractivity contribution >= 4 is 5.78 Å². The first kappa shape index (κ1) is 25.2. The standard InChI is InChI=1S/C28H36F2O3/c1-3-5-19-6-8-20(9-7-19)10-11-21-12-14-22(15-13-21)18-24(31)23-16-17-25(33-4-2)26(27(23)32)28(29)30/h6-9,16-17,21-22,28,32H,3-5,10-15,18H2,1-2H3. The van der Waals surface area contributed by atoms with Crippen molar-refractivity contribution in [2.24, 2.45) is 11.8 Å². The topological polar surface area (TPSA) is 46.5 Å². The van der Waals surface area contributed by atoms with Crippen LogP contribution in [0.25, 0.3) is 0 Å². The van der Waals surface area contributed by atoms with Crippen molar-refractivity contribution in [3.63, 3.8) is 0 Å². The van der Waals surface area contributed by atoms with Crippen molar-refractivity contribution in [3.05, 3.63) is 58.7 Å². The van der Waals surface area contributed by atoms with Gasteiger partial charge in [0.2, 0.25) is 0 Å². The lowest BCUT2D eigenvalue weighted by molar-refractivity contribution is 0.0938. The second kappa shape index (κ2) is 12.2. The number of ether oxygens (including phenoxy) is 1. The monoisotopic (exact) mass is 458 g/mol. The molecule has 0 atom stereocenters. The zero-order valence-corrected chi connectivity index (χ0v) is 19.8. The van der Waals surface area contributed by atoms with Gasteiger partial charge in [0.05, 0.1) is 12.2 Å². The van der Waals surface area contributed by atoms with Crippen molar-refractivity contribution in [2.45, 2.75) is 78.1 Å². The van der Waals surface area contributed by atoms with Crippen LogP contribution in [0.3, 0.4) is 0 Å². The minimum atomic E-state index is -2.91. The van der Waals surface area contributed by atoms with Crippen molar-refractivity contribution in [2.75, 3.05) is 6.61 Å². The summed E-state index contributed by atoms with van der Waals surface area (Å²) in [6.07, 6.45) is 6.01. The molecule has 1 aliphatic rings. The van der Waals surface area contributed by atoms with Crippen LogP contribution in [-0.4, -0.2) is 17.5 Å². The van der Waals surface area contributed by atoms with Crippen LogP contribution in [0.1, 0.15) is 92.3 Å². The molecule has 1 N–H and O–H groups in total. The predicted octanol–water partition coefficient (Wildman–Crippen LogP) is 7.69. The van der Waals surface area contributed by atoms with Crippen molar-refractivity contribution in [3.8, 4) is 11.5 Å². The molecule has 0 aromatic heterocycles. The van der Waals surface area contributed by atoms with E-state index in [9.17, 15) is 18.7 Å². The molecule has 0 unspecified atom stereocenters. The molecule has 0 amide bonds. The van der Waals surface area contributed by atoms with Gasteiger partial charge < -0.3 is 9.84 Å². The number of phenolic OH excluding ortho intramolecular Hbond substituents is 1. The summed E-state index contributed by atoms with van der Waals surface area (Å²) in [6, 6.07) is 11.7. The molecule has 33 heavy (non-hydrogen) atoms. The highest BCUT2D eigenvalue weighted by Gasteiger charge is 2.28. The number of alkyl halides is 2. The normalized spacial score (nSPS) is 18.5. The lowest BCUT2D eigenvalue weighted by Gasteiger charge is -2.28. The third-order valence-electron chi connectivity index (χ3n) is 6.84. The Bertz CT molecular complexity index is 900. The molecular formula is C28H36F2O3. The van der Waals surface area contributed by atoms with Crippen molar-refractivity contribution < 1.29 is 23.4 Å². The third kappa shape index (κ3) is 6.78. The van der Waals surface area contributed by atoms with E-state index in [1.807, 2.05) is 0 Å². The summed E-state index contributed by atoms with van der Waals surface area (Å²) in [5.74, 6) is -0.0752. The summed E-state index contributed by atoms with van der Waals surface area (Å²) in [6.45, 7) is 4.09. The van der Waals surface area contributed by atoms with Gasteiger partial charge in [-0.3, -0.25) is 4.79 Å². The Morgan fingerprint density at radius 3 is 2.15 bits per heavy atom. The van der Waals surface area contributed by atoms with Gasteiger partial charge in [0.25, 0.3) is 6.43 Å². The fraction of sp³-hybridized carbons (Fsp3) is 0.536. The van der Waals surface area contributed by atoms with E-state index in [1.54, 1.807) is 6.92 Å². The number of hydrogen-bond acceptors (Lipinski definition) is 3. The maximum atomic E-state index is 13.5. The van der Waals surface area contributed by atoms with Crippen molar-refractivity contribution in [1.82, 2.24) is 0 Å². The smallest absolute Gasteiger partial charge is 0.271 e. The summed E-state index contributed by atoms with van der Waals surface area (Å²) in [5.41, 5.74) is 2.16. The van der Waals surface area contributed by atoms with Crippen LogP contribution in [-0.2, 0) is 12.8 Å². The minimum Gasteiger partial charge on any atom is -0.507 e. The number of carbonyl (C=O) groups excluding carboxylic acids is 1. The summed E-state index contributed by atoms with van der Waals surface area (Å²) in [4.78, 5) is 12.8. The Labute approximate surface area is 196 Å². The van der Waals surface area contributed by atoms with Gasteiger partial charge >= 0.3 is 0 Å². The van der Waals surface area contributed by atoms with Gasteiger partial charge in [0, 0.05) is 6.42 Å². The van der Waals surface area contributed by atoms with Gasteiger partial charge in [0.15, 0.2) is 5.78 Å². The molecule has 1 fully saturated rings. The number of phenols is 1. The van der Waals surface area contributed by atoms with Crippen LogP contribution in [0.2, 0.25) is 0 Å². The molecule has 0 heterocycles. The number of rotatable bonds is 11. The number of hydrogen-bond donors (Lipinski definition) is 1. The van der Waals surface area contributed by atoms with E-state index < -0.39 is 17.7 Å². The molecular weight excluding hydrogens is 422 g/mol. The van der Waals surface area contributed by atoms with Gasteiger partial charge in [0.1, 0.15) is 17.1 Å². The zero-order chi connectivity index (χ0) is 23.8. The fourth-order valence-corrected chi connectivity index (χ4v) is 4.94. The van der Waals surface area contributed by atoms with Gasteiger partial charge in [-0.25, -0.2) is 8.78 Å². The average Bonchev–Trinajstić information content (AvgIpc) is 2.80. The number of halogens is 2. The average molecular weight is 459 g/mol. The van der Waals surface area contributed by atoms with Crippen LogP contribution in [0.4, 0.5) is 8.78 Å². The SMILES string of the molecule is CCCc1ccc(CCC2CCC(CC(=O)c3ccc(OCC)c(C(F)F)c3O)CC2)cc1. The van der Waals surface area contributed by atoms with E-state index in [4.69, 9.17) is 4.74 Å². The fourth-order valence-electron chi connectivity index (χ4n) is 4.94. The number of carbonyl (C=O) groups is 1. The lowest BCUT2D eigenvalue weighted by Crippen LogP contribution is -2.18. The minimum absolute atomic E-state index is 0.0256. The lowest BCUT2D eigenvalue weighted by atomic mass is 9.77. The third-order valence-corrected chi connectivity index (χ3v) is 6.84. The van der Waals surface area contributed by atoms with Gasteiger partial charge in [-0.15, -0.1) is 0 Å². The molecule has 0 saturated heterocycles. The molecule has 2 aromatic rings. The number of aromatic hydroxyl groups is 1. The second-order valence-corrected chi connectivity index (χ2v) is 9.23. The molecule has 5 heteroatoms. The molecule has 3 nitrogen and oxygen atoms in total. The number of Topliss-reactive ketones (excluding diaryl/α,β-unsaturated/α-hetero) is 1. The molecule has 3 rings (SSSR count). The van der Waals surface area contributed by atoms with Crippen LogP contribution < -0.4 is 4.74 Å². The Morgan fingerprint density at radius 2 is 1.58 bits per heavy atom. The van der Waals surface area contributed by atoms with E-state index in [0.717, 1.165) is 51.4 Å². The molecule has 0 radical (unpaired) electrons. The Kier molecular flexibility index (Phi) is 9.28. The van der Waals surface area contributed by atoms with E-state index in [1.165, 1.54) is 23.3 Å². The van der Waals surface area contributed by atoms with Crippen LogP contribution in [0, 0.1) is 11.8 Å². The number of ketones is 1. The predicted molar refractivity (Wildman–Crippen MR) is 127 cm³/mol. The number of benzene rings is 2. The highest BCUT2D eigenvalue weighted by atomic mass is 19.3. The second-order valence-electron chi connectivity index (χ2n) is 9.23. The summed E-state index contributed by atoms with van der Waals surface area (Å²) >= 11 is 0. The largest absolute Gasteiger partial charge is 0.507 e.